The van der Waals surface area contributed by atoms with Gasteiger partial charge < -0.3 is 14.6 Å². The van der Waals surface area contributed by atoms with Crippen LogP contribution in [-0.4, -0.2) is 50.1 Å². The molecule has 4 saturated carbocycles. The first-order chi connectivity index (χ1) is 20.1. The monoisotopic (exact) mass is 574 g/mol. The summed E-state index contributed by atoms with van der Waals surface area (Å²) in [5, 5.41) is 25.7. The lowest BCUT2D eigenvalue weighted by atomic mass is 9.45. The third kappa shape index (κ3) is 3.82. The fourth-order valence-electron chi connectivity index (χ4n) is 9.20. The molecule has 0 amide bonds. The second kappa shape index (κ2) is 9.46. The number of ether oxygens (including phenoxy) is 2. The molecule has 42 heavy (non-hydrogen) atoms. The van der Waals surface area contributed by atoms with Crippen LogP contribution in [-0.2, 0) is 25.5 Å². The summed E-state index contributed by atoms with van der Waals surface area (Å²) in [4.78, 5) is 30.4. The Morgan fingerprint density at radius 1 is 1.21 bits per heavy atom. The third-order valence-electron chi connectivity index (χ3n) is 11.3. The molecule has 0 aromatic carbocycles. The van der Waals surface area contributed by atoms with Crippen molar-refractivity contribution in [2.75, 3.05) is 6.61 Å². The van der Waals surface area contributed by atoms with Gasteiger partial charge in [-0.1, -0.05) is 19.4 Å². The van der Waals surface area contributed by atoms with Gasteiger partial charge in [-0.2, -0.15) is 14.8 Å². The quantitative estimate of drug-likeness (QED) is 0.413. The Hall–Kier alpha value is -3.58. The van der Waals surface area contributed by atoms with Crippen molar-refractivity contribution >= 4 is 18.0 Å². The number of pyridine rings is 1. The predicted octanol–water partition coefficient (Wildman–Crippen LogP) is 4.32. The third-order valence-corrected chi connectivity index (χ3v) is 11.3. The van der Waals surface area contributed by atoms with E-state index in [9.17, 15) is 19.1 Å². The van der Waals surface area contributed by atoms with Crippen molar-refractivity contribution in [2.45, 2.75) is 76.9 Å². The number of nitrogens with zero attached hydrogens (tertiary/aromatic N) is 4. The standard InChI is InChI=1S/C32H35FN4O5/c1-30-14-19-16-36-37(21-6-8-26(33)35-17-21)24(19)13-20(30)5-7-22-23-9-10-32(29(40)41-12-11-34,42-28(39)18-3-4-18)31(23,2)15-25(38)27(22)30/h6,8,13,16-18,22-23,25,27,38H,3-5,7,9-10,12,14-15H2,1-2H3. The van der Waals surface area contributed by atoms with Crippen LogP contribution in [0.2, 0.25) is 0 Å². The van der Waals surface area contributed by atoms with Gasteiger partial charge in [-0.25, -0.2) is 14.5 Å². The number of hydrogen-bond acceptors (Lipinski definition) is 8. The number of aromatic nitrogens is 3. The number of hydrogen-bond donors (Lipinski definition) is 1. The molecule has 7 rings (SSSR count). The van der Waals surface area contributed by atoms with E-state index >= 15 is 0 Å². The predicted molar refractivity (Wildman–Crippen MR) is 147 cm³/mol. The van der Waals surface area contributed by atoms with Crippen molar-refractivity contribution in [3.8, 4) is 11.8 Å². The fraction of sp³-hybridized carbons (Fsp3) is 0.594. The van der Waals surface area contributed by atoms with Crippen LogP contribution in [0.15, 0.2) is 30.1 Å². The highest BCUT2D eigenvalue weighted by atomic mass is 19.1. The molecule has 4 fully saturated rings. The average Bonchev–Trinajstić information content (AvgIpc) is 3.68. The lowest BCUT2D eigenvalue weighted by Gasteiger charge is -2.60. The molecule has 7 atom stereocenters. The van der Waals surface area contributed by atoms with Gasteiger partial charge in [0.15, 0.2) is 6.61 Å². The average molecular weight is 575 g/mol. The zero-order valence-electron chi connectivity index (χ0n) is 23.9. The zero-order valence-corrected chi connectivity index (χ0v) is 23.9. The lowest BCUT2D eigenvalue weighted by Crippen LogP contribution is -2.63. The molecular formula is C32H35FN4O5. The Balaban J connectivity index is 1.22. The van der Waals surface area contributed by atoms with Crippen molar-refractivity contribution < 1.29 is 28.6 Å². The van der Waals surface area contributed by atoms with Gasteiger partial charge in [-0.15, -0.1) is 0 Å². The van der Waals surface area contributed by atoms with E-state index in [0.29, 0.717) is 31.4 Å². The molecule has 0 aliphatic heterocycles. The SMILES string of the molecule is CC12Cc3cnn(-c4ccc(F)nc4)c3C=C1CCC1C2C(O)CC2(C)C1CCC2(OC(=O)C1CC1)C(=O)OCC#N. The molecule has 5 aliphatic carbocycles. The van der Waals surface area contributed by atoms with Gasteiger partial charge in [0.1, 0.15) is 6.07 Å². The Morgan fingerprint density at radius 3 is 2.74 bits per heavy atom. The van der Waals surface area contributed by atoms with Gasteiger partial charge in [0.2, 0.25) is 11.5 Å². The van der Waals surface area contributed by atoms with Crippen LogP contribution in [0.4, 0.5) is 4.39 Å². The maximum absolute atomic E-state index is 13.6. The maximum Gasteiger partial charge on any atom is 0.352 e. The summed E-state index contributed by atoms with van der Waals surface area (Å²) in [7, 11) is 0. The first-order valence-corrected chi connectivity index (χ1v) is 15.0. The number of esters is 2. The number of fused-ring (bicyclic) bond motifs is 6. The smallest absolute Gasteiger partial charge is 0.352 e. The molecule has 9 nitrogen and oxygen atoms in total. The molecule has 220 valence electrons. The van der Waals surface area contributed by atoms with Crippen molar-refractivity contribution in [1.29, 1.82) is 5.26 Å². The minimum absolute atomic E-state index is 0.0420. The van der Waals surface area contributed by atoms with Crippen molar-refractivity contribution in [1.82, 2.24) is 14.8 Å². The fourth-order valence-corrected chi connectivity index (χ4v) is 9.20. The number of halogens is 1. The molecule has 2 aromatic rings. The second-order valence-electron chi connectivity index (χ2n) is 13.4. The molecule has 0 radical (unpaired) electrons. The zero-order chi connectivity index (χ0) is 29.4. The summed E-state index contributed by atoms with van der Waals surface area (Å²) in [6.45, 7) is 3.80. The van der Waals surface area contributed by atoms with E-state index in [-0.39, 0.29) is 35.1 Å². The highest BCUT2D eigenvalue weighted by Crippen LogP contribution is 2.68. The van der Waals surface area contributed by atoms with E-state index in [0.717, 1.165) is 36.9 Å². The minimum atomic E-state index is -1.51. The van der Waals surface area contributed by atoms with E-state index in [1.165, 1.54) is 17.8 Å². The molecule has 0 spiro atoms. The maximum atomic E-state index is 13.6. The van der Waals surface area contributed by atoms with Crippen LogP contribution in [0, 0.1) is 51.8 Å². The lowest BCUT2D eigenvalue weighted by molar-refractivity contribution is -0.214. The first-order valence-electron chi connectivity index (χ1n) is 15.0. The minimum Gasteiger partial charge on any atom is -0.447 e. The molecule has 2 heterocycles. The van der Waals surface area contributed by atoms with Crippen LogP contribution in [0.1, 0.15) is 70.1 Å². The van der Waals surface area contributed by atoms with Crippen LogP contribution in [0.3, 0.4) is 0 Å². The topological polar surface area (TPSA) is 127 Å². The Bertz CT molecular complexity index is 1530. The van der Waals surface area contributed by atoms with Gasteiger partial charge in [0, 0.05) is 5.41 Å². The molecule has 7 unspecified atom stereocenters. The summed E-state index contributed by atoms with van der Waals surface area (Å²) in [6, 6.07) is 4.84. The first kappa shape index (κ1) is 27.3. The van der Waals surface area contributed by atoms with E-state index in [1.54, 1.807) is 10.7 Å². The highest BCUT2D eigenvalue weighted by molar-refractivity contribution is 5.86. The van der Waals surface area contributed by atoms with Gasteiger partial charge in [-0.3, -0.25) is 4.79 Å². The Kier molecular flexibility index (Phi) is 6.14. The summed E-state index contributed by atoms with van der Waals surface area (Å²) in [5.74, 6) is -1.68. The molecule has 0 bridgehead atoms. The molecular weight excluding hydrogens is 539 g/mol. The van der Waals surface area contributed by atoms with Crippen LogP contribution < -0.4 is 0 Å². The Labute approximate surface area is 243 Å². The molecule has 1 N–H and O–H groups in total. The molecule has 10 heteroatoms. The number of allylic oxidation sites excluding steroid dienone is 1. The van der Waals surface area contributed by atoms with E-state index in [1.807, 2.05) is 19.2 Å². The van der Waals surface area contributed by atoms with Crippen molar-refractivity contribution in [3.05, 3.63) is 47.3 Å². The van der Waals surface area contributed by atoms with Crippen molar-refractivity contribution in [2.24, 2.45) is 34.5 Å². The largest absolute Gasteiger partial charge is 0.447 e. The summed E-state index contributed by atoms with van der Waals surface area (Å²) >= 11 is 0. The van der Waals surface area contributed by atoms with Crippen LogP contribution >= 0.6 is 0 Å². The van der Waals surface area contributed by atoms with Gasteiger partial charge in [0.05, 0.1) is 35.8 Å². The molecule has 5 aliphatic rings. The number of carbonyl (C=O) groups is 2. The van der Waals surface area contributed by atoms with E-state index in [4.69, 9.17) is 14.7 Å². The van der Waals surface area contributed by atoms with Gasteiger partial charge in [0.25, 0.3) is 0 Å². The number of nitriles is 1. The summed E-state index contributed by atoms with van der Waals surface area (Å²) < 4.78 is 26.7. The normalized spacial score (nSPS) is 36.4. The van der Waals surface area contributed by atoms with Gasteiger partial charge >= 0.3 is 11.9 Å². The van der Waals surface area contributed by atoms with Crippen molar-refractivity contribution in [3.63, 3.8) is 0 Å². The van der Waals surface area contributed by atoms with E-state index in [2.05, 4.69) is 23.1 Å². The number of carbonyl (C=O) groups excluding carboxylic acids is 2. The second-order valence-corrected chi connectivity index (χ2v) is 13.4. The van der Waals surface area contributed by atoms with Crippen LogP contribution in [0.25, 0.3) is 11.8 Å². The summed E-state index contributed by atoms with van der Waals surface area (Å²) in [6.07, 6.45) is 9.95. The number of aliphatic hydroxyl groups excluding tert-OH is 1. The van der Waals surface area contributed by atoms with Crippen LogP contribution in [0.5, 0.6) is 0 Å². The molecule has 0 saturated heterocycles. The highest BCUT2D eigenvalue weighted by Gasteiger charge is 2.71. The summed E-state index contributed by atoms with van der Waals surface area (Å²) in [5.41, 5.74) is 1.31. The Morgan fingerprint density at radius 2 is 2.02 bits per heavy atom. The van der Waals surface area contributed by atoms with Gasteiger partial charge in [-0.05, 0) is 98.3 Å². The number of rotatable bonds is 5. The number of aliphatic hydroxyl groups is 1. The van der Waals surface area contributed by atoms with E-state index < -0.39 is 35.6 Å². The molecule has 2 aromatic heterocycles.